The van der Waals surface area contributed by atoms with Crippen LogP contribution in [0.5, 0.6) is 5.75 Å². The SMILES string of the molecule is N#Cc1cc(F)ccc1NC1CCCc2cc(O)ccc21. The molecular weight excluding hydrogens is 267 g/mol. The molecule has 1 aliphatic rings. The average molecular weight is 282 g/mol. The summed E-state index contributed by atoms with van der Waals surface area (Å²) in [5, 5.41) is 22.0. The zero-order chi connectivity index (χ0) is 14.8. The molecule has 0 spiro atoms. The monoisotopic (exact) mass is 282 g/mol. The van der Waals surface area contributed by atoms with Crippen molar-refractivity contribution in [1.29, 1.82) is 5.26 Å². The van der Waals surface area contributed by atoms with Gasteiger partial charge in [0.1, 0.15) is 17.6 Å². The third kappa shape index (κ3) is 2.68. The molecule has 0 heterocycles. The average Bonchev–Trinajstić information content (AvgIpc) is 2.49. The van der Waals surface area contributed by atoms with Crippen molar-refractivity contribution in [2.45, 2.75) is 25.3 Å². The van der Waals surface area contributed by atoms with E-state index in [1.165, 1.54) is 12.1 Å². The first kappa shape index (κ1) is 13.4. The van der Waals surface area contributed by atoms with Crippen LogP contribution in [0.1, 0.15) is 35.6 Å². The first-order chi connectivity index (χ1) is 10.2. The summed E-state index contributed by atoms with van der Waals surface area (Å²) in [4.78, 5) is 0. The van der Waals surface area contributed by atoms with Crippen LogP contribution in [0, 0.1) is 17.1 Å². The van der Waals surface area contributed by atoms with Gasteiger partial charge >= 0.3 is 0 Å². The highest BCUT2D eigenvalue weighted by atomic mass is 19.1. The van der Waals surface area contributed by atoms with Gasteiger partial charge in [-0.05, 0) is 60.7 Å². The molecule has 0 fully saturated rings. The fourth-order valence-corrected chi connectivity index (χ4v) is 2.87. The molecule has 1 atom stereocenters. The van der Waals surface area contributed by atoms with Crippen molar-refractivity contribution in [3.8, 4) is 11.8 Å². The van der Waals surface area contributed by atoms with Crippen molar-refractivity contribution in [1.82, 2.24) is 0 Å². The maximum absolute atomic E-state index is 13.2. The molecule has 0 saturated heterocycles. The van der Waals surface area contributed by atoms with Crippen molar-refractivity contribution in [3.05, 3.63) is 58.9 Å². The molecule has 106 valence electrons. The second kappa shape index (κ2) is 5.45. The highest BCUT2D eigenvalue weighted by Crippen LogP contribution is 2.34. The van der Waals surface area contributed by atoms with Crippen LogP contribution in [0.25, 0.3) is 0 Å². The number of aryl methyl sites for hydroxylation is 1. The maximum Gasteiger partial charge on any atom is 0.124 e. The quantitative estimate of drug-likeness (QED) is 0.878. The van der Waals surface area contributed by atoms with Crippen LogP contribution in [-0.4, -0.2) is 5.11 Å². The van der Waals surface area contributed by atoms with Crippen LogP contribution in [0.3, 0.4) is 0 Å². The number of rotatable bonds is 2. The highest BCUT2D eigenvalue weighted by molar-refractivity contribution is 5.59. The number of phenolic OH excluding ortho intramolecular Hbond substituents is 1. The summed E-state index contributed by atoms with van der Waals surface area (Å²) in [6.45, 7) is 0. The lowest BCUT2D eigenvalue weighted by molar-refractivity contribution is 0.472. The number of nitrogens with one attached hydrogen (secondary N) is 1. The van der Waals surface area contributed by atoms with Crippen LogP contribution < -0.4 is 5.32 Å². The topological polar surface area (TPSA) is 56.0 Å². The fraction of sp³-hybridized carbons (Fsp3) is 0.235. The van der Waals surface area contributed by atoms with Crippen LogP contribution in [0.15, 0.2) is 36.4 Å². The molecule has 0 aromatic heterocycles. The number of fused-ring (bicyclic) bond motifs is 1. The lowest BCUT2D eigenvalue weighted by atomic mass is 9.87. The standard InChI is InChI=1S/C17H15FN2O/c18-13-4-7-16(12(8-13)10-19)20-17-3-1-2-11-9-14(21)5-6-15(11)17/h4-9,17,20-21H,1-3H2. The molecule has 21 heavy (non-hydrogen) atoms. The van der Waals surface area contributed by atoms with E-state index in [0.29, 0.717) is 11.3 Å². The van der Waals surface area contributed by atoms with Gasteiger partial charge in [-0.3, -0.25) is 0 Å². The number of nitrogens with zero attached hydrogens (tertiary/aromatic N) is 1. The van der Waals surface area contributed by atoms with Gasteiger partial charge in [0.15, 0.2) is 0 Å². The predicted molar refractivity (Wildman–Crippen MR) is 78.5 cm³/mol. The van der Waals surface area contributed by atoms with E-state index < -0.39 is 5.82 Å². The Balaban J connectivity index is 1.92. The fourth-order valence-electron chi connectivity index (χ4n) is 2.87. The number of hydrogen-bond acceptors (Lipinski definition) is 3. The van der Waals surface area contributed by atoms with Gasteiger partial charge < -0.3 is 10.4 Å². The molecule has 1 aliphatic carbocycles. The van der Waals surface area contributed by atoms with Crippen molar-refractivity contribution in [2.24, 2.45) is 0 Å². The van der Waals surface area contributed by atoms with Crippen molar-refractivity contribution in [2.75, 3.05) is 5.32 Å². The number of aromatic hydroxyl groups is 1. The Morgan fingerprint density at radius 3 is 2.90 bits per heavy atom. The molecule has 0 aliphatic heterocycles. The van der Waals surface area contributed by atoms with Gasteiger partial charge in [0.25, 0.3) is 0 Å². The summed E-state index contributed by atoms with van der Waals surface area (Å²) in [5.74, 6) is -0.139. The number of anilines is 1. The summed E-state index contributed by atoms with van der Waals surface area (Å²) in [6.07, 6.45) is 2.90. The van der Waals surface area contributed by atoms with Gasteiger partial charge in [-0.2, -0.15) is 5.26 Å². The van der Waals surface area contributed by atoms with E-state index in [9.17, 15) is 9.50 Å². The molecule has 3 nitrogen and oxygen atoms in total. The molecule has 0 amide bonds. The molecule has 0 bridgehead atoms. The van der Waals surface area contributed by atoms with E-state index in [0.717, 1.165) is 30.4 Å². The number of phenols is 1. The normalized spacial score (nSPS) is 16.9. The smallest absolute Gasteiger partial charge is 0.124 e. The van der Waals surface area contributed by atoms with Crippen LogP contribution in [0.2, 0.25) is 0 Å². The third-order valence-electron chi connectivity index (χ3n) is 3.87. The van der Waals surface area contributed by atoms with Crippen LogP contribution in [-0.2, 0) is 6.42 Å². The zero-order valence-corrected chi connectivity index (χ0v) is 11.4. The van der Waals surface area contributed by atoms with E-state index in [4.69, 9.17) is 5.26 Å². The van der Waals surface area contributed by atoms with Crippen molar-refractivity contribution < 1.29 is 9.50 Å². The first-order valence-electron chi connectivity index (χ1n) is 6.95. The van der Waals surface area contributed by atoms with Crippen molar-refractivity contribution >= 4 is 5.69 Å². The molecule has 2 N–H and O–H groups in total. The Morgan fingerprint density at radius 1 is 1.24 bits per heavy atom. The Hall–Kier alpha value is -2.54. The second-order valence-electron chi connectivity index (χ2n) is 5.27. The molecule has 4 heteroatoms. The summed E-state index contributed by atoms with van der Waals surface area (Å²) in [6, 6.07) is 11.7. The number of hydrogen-bond donors (Lipinski definition) is 2. The van der Waals surface area contributed by atoms with E-state index in [-0.39, 0.29) is 11.8 Å². The van der Waals surface area contributed by atoms with Gasteiger partial charge in [-0.25, -0.2) is 4.39 Å². The largest absolute Gasteiger partial charge is 0.508 e. The van der Waals surface area contributed by atoms with Gasteiger partial charge in [-0.15, -0.1) is 0 Å². The molecule has 0 saturated carbocycles. The first-order valence-corrected chi connectivity index (χ1v) is 6.95. The molecule has 3 rings (SSSR count). The minimum atomic E-state index is -0.411. The van der Waals surface area contributed by atoms with Gasteiger partial charge in [0, 0.05) is 0 Å². The number of halogens is 1. The number of benzene rings is 2. The zero-order valence-electron chi connectivity index (χ0n) is 11.4. The Labute approximate surface area is 122 Å². The lowest BCUT2D eigenvalue weighted by Crippen LogP contribution is -2.17. The number of nitriles is 1. The maximum atomic E-state index is 13.2. The van der Waals surface area contributed by atoms with Gasteiger partial charge in [0.2, 0.25) is 0 Å². The highest BCUT2D eigenvalue weighted by Gasteiger charge is 2.21. The van der Waals surface area contributed by atoms with E-state index in [1.807, 2.05) is 12.1 Å². The predicted octanol–water partition coefficient (Wildman–Crippen LogP) is 3.89. The van der Waals surface area contributed by atoms with E-state index >= 15 is 0 Å². The van der Waals surface area contributed by atoms with Crippen LogP contribution >= 0.6 is 0 Å². The van der Waals surface area contributed by atoms with Crippen molar-refractivity contribution in [3.63, 3.8) is 0 Å². The summed E-state index contributed by atoms with van der Waals surface area (Å²) < 4.78 is 13.2. The van der Waals surface area contributed by atoms with Gasteiger partial charge in [0.05, 0.1) is 17.3 Å². The summed E-state index contributed by atoms with van der Waals surface area (Å²) in [5.41, 5.74) is 3.21. The molecule has 1 unspecified atom stereocenters. The Kier molecular flexibility index (Phi) is 3.49. The second-order valence-corrected chi connectivity index (χ2v) is 5.27. The minimum Gasteiger partial charge on any atom is -0.508 e. The van der Waals surface area contributed by atoms with Gasteiger partial charge in [-0.1, -0.05) is 6.07 Å². The van der Waals surface area contributed by atoms with E-state index in [1.54, 1.807) is 18.2 Å². The third-order valence-corrected chi connectivity index (χ3v) is 3.87. The minimum absolute atomic E-state index is 0.0758. The van der Waals surface area contributed by atoms with Crippen LogP contribution in [0.4, 0.5) is 10.1 Å². The lowest BCUT2D eigenvalue weighted by Gasteiger charge is -2.27. The molecule has 2 aromatic rings. The van der Waals surface area contributed by atoms with E-state index in [2.05, 4.69) is 5.32 Å². The molecule has 0 radical (unpaired) electrons. The summed E-state index contributed by atoms with van der Waals surface area (Å²) in [7, 11) is 0. The Bertz CT molecular complexity index is 721. The molecular formula is C17H15FN2O. The summed E-state index contributed by atoms with van der Waals surface area (Å²) >= 11 is 0. The molecule has 2 aromatic carbocycles. The Morgan fingerprint density at radius 2 is 2.10 bits per heavy atom.